The monoisotopic (exact) mass is 233 g/mol. The fourth-order valence-corrected chi connectivity index (χ4v) is 2.95. The Bertz CT molecular complexity index is 811. The Labute approximate surface area is 104 Å². The van der Waals surface area contributed by atoms with Gasteiger partial charge in [-0.15, -0.1) is 0 Å². The maximum Gasteiger partial charge on any atom is 0.194 e. The molecule has 1 aliphatic carbocycles. The van der Waals surface area contributed by atoms with E-state index in [2.05, 4.69) is 11.9 Å². The molecule has 0 radical (unpaired) electrons. The lowest BCUT2D eigenvalue weighted by Crippen LogP contribution is -2.08. The van der Waals surface area contributed by atoms with Crippen LogP contribution in [0, 0.1) is 6.92 Å². The Morgan fingerprint density at radius 1 is 0.889 bits per heavy atom. The first kappa shape index (κ1) is 9.66. The van der Waals surface area contributed by atoms with Crippen molar-refractivity contribution in [2.75, 3.05) is 0 Å². The molecule has 1 N–H and O–H groups in total. The number of aromatic amines is 1. The van der Waals surface area contributed by atoms with Crippen molar-refractivity contribution in [2.45, 2.75) is 6.92 Å². The molecular weight excluding hydrogens is 222 g/mol. The SMILES string of the molecule is Cc1[nH]c2cccc3c2c1-c1ccccc1C3=O. The Kier molecular flexibility index (Phi) is 1.67. The highest BCUT2D eigenvalue weighted by atomic mass is 16.1. The predicted octanol–water partition coefficient (Wildman–Crippen LogP) is 3.69. The average molecular weight is 233 g/mol. The van der Waals surface area contributed by atoms with E-state index in [1.807, 2.05) is 42.5 Å². The number of ketones is 1. The van der Waals surface area contributed by atoms with Crippen molar-refractivity contribution in [2.24, 2.45) is 0 Å². The molecule has 2 heteroatoms. The zero-order valence-corrected chi connectivity index (χ0v) is 9.95. The number of nitrogens with one attached hydrogen (secondary N) is 1. The maximum absolute atomic E-state index is 12.5. The summed E-state index contributed by atoms with van der Waals surface area (Å²) in [6.07, 6.45) is 0. The lowest BCUT2D eigenvalue weighted by Gasteiger charge is -2.16. The molecule has 0 amide bonds. The van der Waals surface area contributed by atoms with Crippen molar-refractivity contribution in [1.29, 1.82) is 0 Å². The van der Waals surface area contributed by atoms with E-state index in [0.29, 0.717) is 0 Å². The van der Waals surface area contributed by atoms with Gasteiger partial charge in [-0.2, -0.15) is 0 Å². The van der Waals surface area contributed by atoms with Crippen LogP contribution >= 0.6 is 0 Å². The molecule has 0 atom stereocenters. The number of carbonyl (C=O) groups is 1. The van der Waals surface area contributed by atoms with Gasteiger partial charge in [0, 0.05) is 33.3 Å². The molecule has 0 saturated carbocycles. The third kappa shape index (κ3) is 1.00. The van der Waals surface area contributed by atoms with Crippen molar-refractivity contribution < 1.29 is 4.79 Å². The first-order valence-electron chi connectivity index (χ1n) is 6.03. The number of fused-ring (bicyclic) bond motifs is 2. The normalized spacial score (nSPS) is 12.8. The minimum absolute atomic E-state index is 0.128. The van der Waals surface area contributed by atoms with Crippen LogP contribution in [0.5, 0.6) is 0 Å². The summed E-state index contributed by atoms with van der Waals surface area (Å²) in [7, 11) is 0. The van der Waals surface area contributed by atoms with Gasteiger partial charge in [0.25, 0.3) is 0 Å². The number of benzene rings is 2. The number of aryl methyl sites for hydroxylation is 1. The molecule has 2 aromatic carbocycles. The Hall–Kier alpha value is -2.35. The standard InChI is InChI=1S/C16H11NO/c1-9-14-10-5-2-3-6-11(10)16(18)12-7-4-8-13(17-9)15(12)14/h2-8,17H,1H3. The van der Waals surface area contributed by atoms with Crippen molar-refractivity contribution in [3.05, 3.63) is 59.3 Å². The van der Waals surface area contributed by atoms with Crippen LogP contribution in [0.25, 0.3) is 22.0 Å². The molecular formula is C16H11NO. The zero-order chi connectivity index (χ0) is 12.3. The van der Waals surface area contributed by atoms with E-state index in [9.17, 15) is 4.79 Å². The molecule has 0 bridgehead atoms. The van der Waals surface area contributed by atoms with E-state index >= 15 is 0 Å². The first-order valence-corrected chi connectivity index (χ1v) is 6.03. The topological polar surface area (TPSA) is 32.9 Å². The first-order chi connectivity index (χ1) is 8.77. The number of carbonyl (C=O) groups excluding carboxylic acids is 1. The Balaban J connectivity index is 2.30. The van der Waals surface area contributed by atoms with Crippen LogP contribution in [0.1, 0.15) is 21.6 Å². The molecule has 1 heterocycles. The van der Waals surface area contributed by atoms with Crippen LogP contribution in [0.3, 0.4) is 0 Å². The van der Waals surface area contributed by atoms with E-state index < -0.39 is 0 Å². The van der Waals surface area contributed by atoms with Gasteiger partial charge in [0.05, 0.1) is 0 Å². The molecule has 4 rings (SSSR count). The fraction of sp³-hybridized carbons (Fsp3) is 0.0625. The second-order valence-corrected chi connectivity index (χ2v) is 4.73. The highest BCUT2D eigenvalue weighted by molar-refractivity contribution is 6.26. The van der Waals surface area contributed by atoms with E-state index in [0.717, 1.165) is 33.3 Å². The largest absolute Gasteiger partial charge is 0.358 e. The number of H-pyrrole nitrogens is 1. The van der Waals surface area contributed by atoms with Gasteiger partial charge in [-0.1, -0.05) is 36.4 Å². The van der Waals surface area contributed by atoms with Gasteiger partial charge in [0.1, 0.15) is 0 Å². The lowest BCUT2D eigenvalue weighted by atomic mass is 9.85. The maximum atomic E-state index is 12.5. The fourth-order valence-electron chi connectivity index (χ4n) is 2.95. The summed E-state index contributed by atoms with van der Waals surface area (Å²) in [5.74, 6) is 0.128. The summed E-state index contributed by atoms with van der Waals surface area (Å²) in [5, 5.41) is 1.07. The van der Waals surface area contributed by atoms with Gasteiger partial charge in [0.2, 0.25) is 0 Å². The third-order valence-electron chi connectivity index (χ3n) is 3.70. The van der Waals surface area contributed by atoms with Gasteiger partial charge in [-0.3, -0.25) is 4.79 Å². The molecule has 1 aromatic heterocycles. The van der Waals surface area contributed by atoms with Crippen LogP contribution in [0.2, 0.25) is 0 Å². The molecule has 0 fully saturated rings. The molecule has 0 aliphatic heterocycles. The molecule has 2 nitrogen and oxygen atoms in total. The van der Waals surface area contributed by atoms with Gasteiger partial charge in [-0.25, -0.2) is 0 Å². The summed E-state index contributed by atoms with van der Waals surface area (Å²) in [4.78, 5) is 15.9. The van der Waals surface area contributed by atoms with Crippen LogP contribution in [0.15, 0.2) is 42.5 Å². The second kappa shape index (κ2) is 3.10. The van der Waals surface area contributed by atoms with Gasteiger partial charge < -0.3 is 4.98 Å². The van der Waals surface area contributed by atoms with Crippen LogP contribution in [-0.4, -0.2) is 10.8 Å². The molecule has 0 unspecified atom stereocenters. The van der Waals surface area contributed by atoms with Crippen LogP contribution in [0.4, 0.5) is 0 Å². The van der Waals surface area contributed by atoms with Gasteiger partial charge in [-0.05, 0) is 18.6 Å². The lowest BCUT2D eigenvalue weighted by molar-refractivity contribution is 0.104. The van der Waals surface area contributed by atoms with E-state index in [4.69, 9.17) is 0 Å². The summed E-state index contributed by atoms with van der Waals surface area (Å²) < 4.78 is 0. The number of hydrogen-bond donors (Lipinski definition) is 1. The molecule has 86 valence electrons. The summed E-state index contributed by atoms with van der Waals surface area (Å²) in [5.41, 5.74) is 6.01. The smallest absolute Gasteiger partial charge is 0.194 e. The number of aromatic nitrogens is 1. The number of hydrogen-bond acceptors (Lipinski definition) is 1. The summed E-state index contributed by atoms with van der Waals surface area (Å²) >= 11 is 0. The number of rotatable bonds is 0. The third-order valence-corrected chi connectivity index (χ3v) is 3.70. The van der Waals surface area contributed by atoms with Crippen molar-refractivity contribution in [3.63, 3.8) is 0 Å². The molecule has 0 spiro atoms. The average Bonchev–Trinajstić information content (AvgIpc) is 2.73. The Morgan fingerprint density at radius 3 is 2.44 bits per heavy atom. The highest BCUT2D eigenvalue weighted by Gasteiger charge is 2.26. The van der Waals surface area contributed by atoms with Crippen molar-refractivity contribution in [1.82, 2.24) is 4.98 Å². The molecule has 0 saturated heterocycles. The minimum Gasteiger partial charge on any atom is -0.358 e. The molecule has 3 aromatic rings. The van der Waals surface area contributed by atoms with Crippen LogP contribution in [-0.2, 0) is 0 Å². The molecule has 18 heavy (non-hydrogen) atoms. The van der Waals surface area contributed by atoms with E-state index in [1.165, 1.54) is 5.56 Å². The summed E-state index contributed by atoms with van der Waals surface area (Å²) in [6.45, 7) is 2.06. The quantitative estimate of drug-likeness (QED) is 0.493. The minimum atomic E-state index is 0.128. The van der Waals surface area contributed by atoms with Crippen molar-refractivity contribution in [3.8, 4) is 11.1 Å². The Morgan fingerprint density at radius 2 is 1.61 bits per heavy atom. The van der Waals surface area contributed by atoms with Crippen molar-refractivity contribution >= 4 is 16.7 Å². The van der Waals surface area contributed by atoms with E-state index in [-0.39, 0.29) is 5.78 Å². The second-order valence-electron chi connectivity index (χ2n) is 4.73. The van der Waals surface area contributed by atoms with Crippen LogP contribution < -0.4 is 0 Å². The predicted molar refractivity (Wildman–Crippen MR) is 71.9 cm³/mol. The summed E-state index contributed by atoms with van der Waals surface area (Å²) in [6, 6.07) is 13.7. The van der Waals surface area contributed by atoms with Gasteiger partial charge >= 0.3 is 0 Å². The zero-order valence-electron chi connectivity index (χ0n) is 9.95. The molecule has 1 aliphatic rings. The van der Waals surface area contributed by atoms with Gasteiger partial charge in [0.15, 0.2) is 5.78 Å². The van der Waals surface area contributed by atoms with E-state index in [1.54, 1.807) is 0 Å². The highest BCUT2D eigenvalue weighted by Crippen LogP contribution is 2.41.